The van der Waals surface area contributed by atoms with Crippen LogP contribution in [0, 0.1) is 5.92 Å². The molecule has 78 valence electrons. The lowest BCUT2D eigenvalue weighted by Gasteiger charge is -2.36. The molecular formula is C12H25N. The van der Waals surface area contributed by atoms with Crippen molar-refractivity contribution in [1.29, 1.82) is 0 Å². The SMILES string of the molecule is CCCC(CCC)NC1CC(C)C1. The van der Waals surface area contributed by atoms with Crippen LogP contribution in [0.15, 0.2) is 0 Å². The third-order valence-electron chi connectivity index (χ3n) is 3.12. The molecule has 0 saturated heterocycles. The van der Waals surface area contributed by atoms with E-state index in [1.165, 1.54) is 38.5 Å². The molecule has 0 aliphatic heterocycles. The van der Waals surface area contributed by atoms with Gasteiger partial charge in [0.1, 0.15) is 0 Å². The highest BCUT2D eigenvalue weighted by Gasteiger charge is 2.26. The minimum Gasteiger partial charge on any atom is -0.311 e. The van der Waals surface area contributed by atoms with E-state index in [1.807, 2.05) is 0 Å². The van der Waals surface area contributed by atoms with Gasteiger partial charge in [0.15, 0.2) is 0 Å². The number of hydrogen-bond donors (Lipinski definition) is 1. The summed E-state index contributed by atoms with van der Waals surface area (Å²) < 4.78 is 0. The molecule has 1 nitrogen and oxygen atoms in total. The van der Waals surface area contributed by atoms with Crippen molar-refractivity contribution < 1.29 is 0 Å². The van der Waals surface area contributed by atoms with Gasteiger partial charge in [0.05, 0.1) is 0 Å². The minimum atomic E-state index is 0.799. The molecule has 0 bridgehead atoms. The molecule has 0 heterocycles. The van der Waals surface area contributed by atoms with Crippen LogP contribution in [0.25, 0.3) is 0 Å². The maximum Gasteiger partial charge on any atom is 0.00747 e. The van der Waals surface area contributed by atoms with Gasteiger partial charge in [-0.1, -0.05) is 33.6 Å². The van der Waals surface area contributed by atoms with E-state index in [0.717, 1.165) is 18.0 Å². The van der Waals surface area contributed by atoms with Crippen molar-refractivity contribution >= 4 is 0 Å². The predicted octanol–water partition coefficient (Wildman–Crippen LogP) is 3.34. The van der Waals surface area contributed by atoms with Gasteiger partial charge in [-0.2, -0.15) is 0 Å². The first-order valence-electron chi connectivity index (χ1n) is 6.02. The van der Waals surface area contributed by atoms with Gasteiger partial charge in [0, 0.05) is 12.1 Å². The molecule has 1 aliphatic rings. The average Bonchev–Trinajstić information content (AvgIpc) is 2.02. The Balaban J connectivity index is 2.14. The first-order valence-corrected chi connectivity index (χ1v) is 6.02. The van der Waals surface area contributed by atoms with Crippen LogP contribution in [0.3, 0.4) is 0 Å². The summed E-state index contributed by atoms with van der Waals surface area (Å²) in [7, 11) is 0. The van der Waals surface area contributed by atoms with Gasteiger partial charge < -0.3 is 5.32 Å². The summed E-state index contributed by atoms with van der Waals surface area (Å²) >= 11 is 0. The van der Waals surface area contributed by atoms with E-state index in [2.05, 4.69) is 26.1 Å². The van der Waals surface area contributed by atoms with E-state index in [9.17, 15) is 0 Å². The van der Waals surface area contributed by atoms with Crippen LogP contribution in [0.2, 0.25) is 0 Å². The van der Waals surface area contributed by atoms with Crippen molar-refractivity contribution in [2.24, 2.45) is 5.92 Å². The van der Waals surface area contributed by atoms with Crippen molar-refractivity contribution in [2.75, 3.05) is 0 Å². The lowest BCUT2D eigenvalue weighted by Crippen LogP contribution is -2.45. The molecule has 0 aromatic rings. The average molecular weight is 183 g/mol. The molecule has 1 aliphatic carbocycles. The Bertz CT molecular complexity index is 121. The summed E-state index contributed by atoms with van der Waals surface area (Å²) in [5.41, 5.74) is 0. The fraction of sp³-hybridized carbons (Fsp3) is 1.00. The van der Waals surface area contributed by atoms with E-state index in [4.69, 9.17) is 0 Å². The largest absolute Gasteiger partial charge is 0.311 e. The summed E-state index contributed by atoms with van der Waals surface area (Å²) in [5.74, 6) is 0.974. The molecule has 1 heteroatoms. The second-order valence-corrected chi connectivity index (χ2v) is 4.71. The molecule has 1 saturated carbocycles. The first kappa shape index (κ1) is 11.0. The Kier molecular flexibility index (Phi) is 4.79. The lowest BCUT2D eigenvalue weighted by molar-refractivity contribution is 0.213. The maximum atomic E-state index is 3.79. The summed E-state index contributed by atoms with van der Waals surface area (Å²) in [5, 5.41) is 3.79. The normalized spacial score (nSPS) is 27.7. The van der Waals surface area contributed by atoms with Crippen LogP contribution in [-0.2, 0) is 0 Å². The second-order valence-electron chi connectivity index (χ2n) is 4.71. The molecule has 0 aromatic carbocycles. The summed E-state index contributed by atoms with van der Waals surface area (Å²) in [6.45, 7) is 6.92. The standard InChI is InChI=1S/C12H25N/c1-4-6-11(7-5-2)13-12-8-10(3)9-12/h10-13H,4-9H2,1-3H3. The van der Waals surface area contributed by atoms with E-state index < -0.39 is 0 Å². The molecule has 13 heavy (non-hydrogen) atoms. The zero-order chi connectivity index (χ0) is 9.68. The van der Waals surface area contributed by atoms with Gasteiger partial charge in [-0.25, -0.2) is 0 Å². The topological polar surface area (TPSA) is 12.0 Å². The van der Waals surface area contributed by atoms with Crippen LogP contribution in [0.5, 0.6) is 0 Å². The van der Waals surface area contributed by atoms with E-state index in [1.54, 1.807) is 0 Å². The Labute approximate surface area is 83.3 Å². The van der Waals surface area contributed by atoms with Crippen molar-refractivity contribution in [3.8, 4) is 0 Å². The molecular weight excluding hydrogens is 158 g/mol. The number of hydrogen-bond acceptors (Lipinski definition) is 1. The van der Waals surface area contributed by atoms with Gasteiger partial charge >= 0.3 is 0 Å². The zero-order valence-corrected chi connectivity index (χ0v) is 9.47. The van der Waals surface area contributed by atoms with Crippen molar-refractivity contribution in [1.82, 2.24) is 5.32 Å². The fourth-order valence-electron chi connectivity index (χ4n) is 2.38. The number of nitrogens with one attached hydrogen (secondary N) is 1. The summed E-state index contributed by atoms with van der Waals surface area (Å²) in [6.07, 6.45) is 8.17. The second kappa shape index (κ2) is 5.64. The van der Waals surface area contributed by atoms with Gasteiger partial charge in [-0.15, -0.1) is 0 Å². The van der Waals surface area contributed by atoms with Gasteiger partial charge in [-0.3, -0.25) is 0 Å². The molecule has 1 rings (SSSR count). The minimum absolute atomic E-state index is 0.799. The van der Waals surface area contributed by atoms with Crippen LogP contribution in [0.4, 0.5) is 0 Å². The molecule has 0 unspecified atom stereocenters. The Hall–Kier alpha value is -0.0400. The maximum absolute atomic E-state index is 3.79. The Morgan fingerprint density at radius 2 is 1.69 bits per heavy atom. The lowest BCUT2D eigenvalue weighted by atomic mass is 9.81. The van der Waals surface area contributed by atoms with Crippen molar-refractivity contribution in [3.05, 3.63) is 0 Å². The Morgan fingerprint density at radius 1 is 1.15 bits per heavy atom. The molecule has 0 amide bonds. The van der Waals surface area contributed by atoms with Crippen molar-refractivity contribution in [2.45, 2.75) is 71.4 Å². The third kappa shape index (κ3) is 3.68. The van der Waals surface area contributed by atoms with Crippen LogP contribution < -0.4 is 5.32 Å². The van der Waals surface area contributed by atoms with Gasteiger partial charge in [0.2, 0.25) is 0 Å². The molecule has 0 spiro atoms. The smallest absolute Gasteiger partial charge is 0.00747 e. The van der Waals surface area contributed by atoms with Crippen LogP contribution >= 0.6 is 0 Å². The van der Waals surface area contributed by atoms with E-state index in [0.29, 0.717) is 0 Å². The van der Waals surface area contributed by atoms with E-state index >= 15 is 0 Å². The van der Waals surface area contributed by atoms with Crippen LogP contribution in [0.1, 0.15) is 59.3 Å². The molecule has 1 N–H and O–H groups in total. The molecule has 0 atom stereocenters. The van der Waals surface area contributed by atoms with E-state index in [-0.39, 0.29) is 0 Å². The fourth-order valence-corrected chi connectivity index (χ4v) is 2.38. The Morgan fingerprint density at radius 3 is 2.08 bits per heavy atom. The third-order valence-corrected chi connectivity index (χ3v) is 3.12. The molecule has 1 fully saturated rings. The highest BCUT2D eigenvalue weighted by Crippen LogP contribution is 2.27. The van der Waals surface area contributed by atoms with Gasteiger partial charge in [0.25, 0.3) is 0 Å². The monoisotopic (exact) mass is 183 g/mol. The van der Waals surface area contributed by atoms with Crippen molar-refractivity contribution in [3.63, 3.8) is 0 Å². The first-order chi connectivity index (χ1) is 6.26. The quantitative estimate of drug-likeness (QED) is 0.666. The van der Waals surface area contributed by atoms with Gasteiger partial charge in [-0.05, 0) is 31.6 Å². The highest BCUT2D eigenvalue weighted by atomic mass is 15.0. The summed E-state index contributed by atoms with van der Waals surface area (Å²) in [6, 6.07) is 1.64. The van der Waals surface area contributed by atoms with Crippen LogP contribution in [-0.4, -0.2) is 12.1 Å². The molecule has 0 radical (unpaired) electrons. The highest BCUT2D eigenvalue weighted by molar-refractivity contribution is 4.85. The predicted molar refractivity (Wildman–Crippen MR) is 58.9 cm³/mol. The zero-order valence-electron chi connectivity index (χ0n) is 9.47. The number of rotatable bonds is 6. The summed E-state index contributed by atoms with van der Waals surface area (Å²) in [4.78, 5) is 0. The molecule has 0 aromatic heterocycles.